The Bertz CT molecular complexity index is 582. The van der Waals surface area contributed by atoms with E-state index in [0.717, 1.165) is 25.7 Å². The highest BCUT2D eigenvalue weighted by molar-refractivity contribution is 5.21. The van der Waals surface area contributed by atoms with Gasteiger partial charge in [-0.3, -0.25) is 0 Å². The maximum Gasteiger partial charge on any atom is 0.266 e. The van der Waals surface area contributed by atoms with E-state index in [2.05, 4.69) is 6.92 Å². The fourth-order valence-electron chi connectivity index (χ4n) is 3.45. The van der Waals surface area contributed by atoms with Crippen molar-refractivity contribution in [1.82, 2.24) is 0 Å². The van der Waals surface area contributed by atoms with Crippen LogP contribution in [0.15, 0.2) is 6.07 Å². The van der Waals surface area contributed by atoms with Crippen molar-refractivity contribution in [3.05, 3.63) is 34.9 Å². The van der Waals surface area contributed by atoms with Gasteiger partial charge in [0.15, 0.2) is 23.3 Å². The van der Waals surface area contributed by atoms with Crippen LogP contribution >= 0.6 is 0 Å². The Balaban J connectivity index is 2.29. The molecule has 1 aromatic carbocycles. The summed E-state index contributed by atoms with van der Waals surface area (Å²) in [6, 6.07) is 0.697. The quantitative estimate of drug-likeness (QED) is 0.111. The van der Waals surface area contributed by atoms with E-state index in [-0.39, 0.29) is 18.1 Å². The Labute approximate surface area is 171 Å². The molecule has 1 atom stereocenters. The van der Waals surface area contributed by atoms with Crippen LogP contribution in [0, 0.1) is 23.3 Å². The molecular weight excluding hydrogens is 388 g/mol. The number of hydrogen-bond donors (Lipinski definition) is 2. The molecule has 29 heavy (non-hydrogen) atoms. The van der Waals surface area contributed by atoms with E-state index in [1.807, 2.05) is 0 Å². The fraction of sp³-hybridized carbons (Fsp3) is 0.727. The summed E-state index contributed by atoms with van der Waals surface area (Å²) < 4.78 is 58.2. The maximum atomic E-state index is 13.6. The minimum Gasteiger partial charge on any atom is -0.346 e. The molecular formula is C22H34F4O3. The Kier molecular flexibility index (Phi) is 13.1. The molecule has 0 amide bonds. The summed E-state index contributed by atoms with van der Waals surface area (Å²) in [5.41, 5.74) is -0.178. The molecule has 1 rings (SSSR count). The Morgan fingerprint density at radius 2 is 1.31 bits per heavy atom. The van der Waals surface area contributed by atoms with Crippen molar-refractivity contribution in [3.63, 3.8) is 0 Å². The third kappa shape index (κ3) is 10.4. The van der Waals surface area contributed by atoms with Crippen molar-refractivity contribution in [2.45, 2.75) is 103 Å². The fourth-order valence-corrected chi connectivity index (χ4v) is 3.45. The van der Waals surface area contributed by atoms with Gasteiger partial charge in [0.2, 0.25) is 0 Å². The first-order valence-electron chi connectivity index (χ1n) is 10.7. The van der Waals surface area contributed by atoms with E-state index in [0.29, 0.717) is 31.7 Å². The molecule has 0 aliphatic rings. The third-order valence-corrected chi connectivity index (χ3v) is 5.09. The second-order valence-corrected chi connectivity index (χ2v) is 7.55. The van der Waals surface area contributed by atoms with Crippen LogP contribution < -0.4 is 0 Å². The maximum absolute atomic E-state index is 13.6. The summed E-state index contributed by atoms with van der Waals surface area (Å²) in [5, 5.41) is 18.1. The summed E-state index contributed by atoms with van der Waals surface area (Å²) in [4.78, 5) is 0. The van der Waals surface area contributed by atoms with Crippen molar-refractivity contribution in [3.8, 4) is 0 Å². The average Bonchev–Trinajstić information content (AvgIpc) is 2.68. The summed E-state index contributed by atoms with van der Waals surface area (Å²) in [5.74, 6) is -6.30. The molecule has 168 valence electrons. The first-order valence-corrected chi connectivity index (χ1v) is 10.7. The second-order valence-electron chi connectivity index (χ2n) is 7.55. The summed E-state index contributed by atoms with van der Waals surface area (Å²) >= 11 is 0. The predicted molar refractivity (Wildman–Crippen MR) is 104 cm³/mol. The Hall–Kier alpha value is -1.18. The van der Waals surface area contributed by atoms with Crippen molar-refractivity contribution < 1.29 is 32.5 Å². The number of rotatable bonds is 16. The summed E-state index contributed by atoms with van der Waals surface area (Å²) in [7, 11) is 0. The lowest BCUT2D eigenvalue weighted by Crippen LogP contribution is -2.21. The third-order valence-electron chi connectivity index (χ3n) is 5.09. The zero-order chi connectivity index (χ0) is 21.6. The molecule has 1 aromatic rings. The van der Waals surface area contributed by atoms with Crippen LogP contribution in [0.2, 0.25) is 0 Å². The number of unbranched alkanes of at least 4 members (excludes halogenated alkanes) is 8. The van der Waals surface area contributed by atoms with Gasteiger partial charge in [-0.15, -0.1) is 0 Å². The van der Waals surface area contributed by atoms with Gasteiger partial charge in [-0.1, -0.05) is 64.7 Å². The largest absolute Gasteiger partial charge is 0.346 e. The number of aliphatic hydroxyl groups excluding tert-OH is 1. The molecule has 0 spiro atoms. The number of aliphatic hydroxyl groups is 2. The van der Waals surface area contributed by atoms with E-state index < -0.39 is 29.7 Å². The summed E-state index contributed by atoms with van der Waals surface area (Å²) in [6.07, 6.45) is 11.1. The van der Waals surface area contributed by atoms with E-state index in [1.165, 1.54) is 25.7 Å². The molecule has 0 radical (unpaired) electrons. The van der Waals surface area contributed by atoms with Gasteiger partial charge in [0.1, 0.15) is 0 Å². The van der Waals surface area contributed by atoms with Gasteiger partial charge in [-0.2, -0.15) is 0 Å². The van der Waals surface area contributed by atoms with Gasteiger partial charge in [-0.25, -0.2) is 17.6 Å². The van der Waals surface area contributed by atoms with Crippen LogP contribution in [0.25, 0.3) is 0 Å². The van der Waals surface area contributed by atoms with Gasteiger partial charge in [0, 0.05) is 0 Å². The lowest BCUT2D eigenvalue weighted by atomic mass is 10.0. The normalized spacial score (nSPS) is 12.7. The van der Waals surface area contributed by atoms with E-state index in [1.54, 1.807) is 0 Å². The smallest absolute Gasteiger partial charge is 0.266 e. The van der Waals surface area contributed by atoms with Gasteiger partial charge in [0.05, 0.1) is 6.10 Å². The van der Waals surface area contributed by atoms with E-state index >= 15 is 0 Å². The highest BCUT2D eigenvalue weighted by atomic mass is 19.2. The molecule has 0 aliphatic carbocycles. The first kappa shape index (κ1) is 25.9. The number of halogens is 4. The molecule has 0 bridgehead atoms. The van der Waals surface area contributed by atoms with Crippen molar-refractivity contribution >= 4 is 0 Å². The van der Waals surface area contributed by atoms with E-state index in [9.17, 15) is 17.6 Å². The van der Waals surface area contributed by atoms with Gasteiger partial charge < -0.3 is 14.9 Å². The topological polar surface area (TPSA) is 49.7 Å². The van der Waals surface area contributed by atoms with Gasteiger partial charge >= 0.3 is 0 Å². The monoisotopic (exact) mass is 422 g/mol. The molecule has 0 heterocycles. The van der Waals surface area contributed by atoms with Crippen LogP contribution in [-0.4, -0.2) is 22.8 Å². The second kappa shape index (κ2) is 14.7. The van der Waals surface area contributed by atoms with Crippen LogP contribution in [0.3, 0.4) is 0 Å². The molecule has 2 N–H and O–H groups in total. The van der Waals surface area contributed by atoms with Crippen molar-refractivity contribution in [2.75, 3.05) is 0 Å². The van der Waals surface area contributed by atoms with Crippen LogP contribution in [-0.2, 0) is 11.2 Å². The Morgan fingerprint density at radius 1 is 0.759 bits per heavy atom. The highest BCUT2D eigenvalue weighted by Crippen LogP contribution is 2.21. The Morgan fingerprint density at radius 3 is 1.90 bits per heavy atom. The lowest BCUT2D eigenvalue weighted by molar-refractivity contribution is -0.257. The summed E-state index contributed by atoms with van der Waals surface area (Å²) in [6.45, 7) is 0.360. The zero-order valence-corrected chi connectivity index (χ0v) is 17.2. The van der Waals surface area contributed by atoms with Crippen molar-refractivity contribution in [1.29, 1.82) is 0 Å². The van der Waals surface area contributed by atoms with Gasteiger partial charge in [0.25, 0.3) is 6.48 Å². The molecule has 0 fully saturated rings. The SMILES string of the molecule is CCCCCCCCCC(CCCCCc1cc(F)c(F)c(F)c1F)OC(O)O. The van der Waals surface area contributed by atoms with Crippen LogP contribution in [0.5, 0.6) is 0 Å². The predicted octanol–water partition coefficient (Wildman–Crippen LogP) is 6.14. The van der Waals surface area contributed by atoms with Crippen LogP contribution in [0.1, 0.15) is 89.5 Å². The number of benzene rings is 1. The minimum atomic E-state index is -1.82. The van der Waals surface area contributed by atoms with E-state index in [4.69, 9.17) is 14.9 Å². The number of aryl methyl sites for hydroxylation is 1. The molecule has 7 heteroatoms. The average molecular weight is 423 g/mol. The zero-order valence-electron chi connectivity index (χ0n) is 17.2. The number of hydrogen-bond acceptors (Lipinski definition) is 3. The highest BCUT2D eigenvalue weighted by Gasteiger charge is 2.18. The molecule has 0 aliphatic heterocycles. The molecule has 0 saturated heterocycles. The number of ether oxygens (including phenoxy) is 1. The lowest BCUT2D eigenvalue weighted by Gasteiger charge is -2.19. The molecule has 0 saturated carbocycles. The minimum absolute atomic E-state index is 0.103. The molecule has 1 unspecified atom stereocenters. The molecule has 3 nitrogen and oxygen atoms in total. The van der Waals surface area contributed by atoms with Crippen molar-refractivity contribution in [2.24, 2.45) is 0 Å². The van der Waals surface area contributed by atoms with Gasteiger partial charge in [-0.05, 0) is 37.3 Å². The first-order chi connectivity index (χ1) is 13.9. The standard InChI is InChI=1S/C22H34F4O3/c1-2-3-4-5-6-7-10-13-17(29-22(27)28)14-11-8-9-12-16-15-18(23)20(25)21(26)19(16)24/h15,17,22,27-28H,2-14H2,1H3. The van der Waals surface area contributed by atoms with Crippen LogP contribution in [0.4, 0.5) is 17.6 Å². The molecule has 0 aromatic heterocycles.